The van der Waals surface area contributed by atoms with Gasteiger partial charge in [0.1, 0.15) is 5.75 Å². The number of alkyl halides is 2. The van der Waals surface area contributed by atoms with Crippen molar-refractivity contribution >= 4 is 22.7 Å². The summed E-state index contributed by atoms with van der Waals surface area (Å²) in [5, 5.41) is 13.0. The number of aromatic nitrogens is 6. The average Bonchev–Trinajstić information content (AvgIpc) is 3.26. The van der Waals surface area contributed by atoms with Crippen LogP contribution in [0.5, 0.6) is 5.75 Å². The molecule has 0 saturated heterocycles. The fraction of sp³-hybridized carbons (Fsp3) is 0.318. The number of hydrogen-bond donors (Lipinski definition) is 0. The average molecular weight is 473 g/mol. The smallest absolute Gasteiger partial charge is 0.387 e. The molecule has 4 aromatic rings. The summed E-state index contributed by atoms with van der Waals surface area (Å²) < 4.78 is 32.4. The fourth-order valence-electron chi connectivity index (χ4n) is 3.24. The number of thioether (sulfide) groups is 1. The number of para-hydroxylation sites is 1. The van der Waals surface area contributed by atoms with Gasteiger partial charge in [-0.1, -0.05) is 37.7 Å². The molecule has 0 N–H and O–H groups in total. The lowest BCUT2D eigenvalue weighted by Crippen LogP contribution is -2.24. The fourth-order valence-corrected chi connectivity index (χ4v) is 4.17. The maximum Gasteiger partial charge on any atom is 0.387 e. The molecule has 2 aromatic carbocycles. The van der Waals surface area contributed by atoms with Crippen molar-refractivity contribution < 1.29 is 13.5 Å². The molecule has 0 aliphatic rings. The number of halogens is 2. The van der Waals surface area contributed by atoms with E-state index in [4.69, 9.17) is 4.98 Å². The molecule has 2 aromatic heterocycles. The summed E-state index contributed by atoms with van der Waals surface area (Å²) in [6.07, 6.45) is 0.845. The lowest BCUT2D eigenvalue weighted by Gasteiger charge is -2.14. The van der Waals surface area contributed by atoms with Crippen LogP contribution in [0.3, 0.4) is 0 Å². The van der Waals surface area contributed by atoms with Gasteiger partial charge in [0.15, 0.2) is 11.0 Å². The Balaban J connectivity index is 1.60. The predicted molar refractivity (Wildman–Crippen MR) is 121 cm³/mol. The van der Waals surface area contributed by atoms with Crippen LogP contribution in [0.1, 0.15) is 26.1 Å². The van der Waals surface area contributed by atoms with Gasteiger partial charge in [0.25, 0.3) is 5.56 Å². The van der Waals surface area contributed by atoms with E-state index in [9.17, 15) is 13.6 Å². The highest BCUT2D eigenvalue weighted by Crippen LogP contribution is 2.24. The Hall–Kier alpha value is -3.34. The van der Waals surface area contributed by atoms with E-state index in [-0.39, 0.29) is 11.3 Å². The Bertz CT molecular complexity index is 1290. The van der Waals surface area contributed by atoms with Crippen molar-refractivity contribution in [1.29, 1.82) is 0 Å². The van der Waals surface area contributed by atoms with Crippen LogP contribution in [-0.2, 0) is 12.3 Å². The van der Waals surface area contributed by atoms with Crippen LogP contribution in [0.4, 0.5) is 8.78 Å². The van der Waals surface area contributed by atoms with Crippen LogP contribution in [0.2, 0.25) is 0 Å². The van der Waals surface area contributed by atoms with E-state index >= 15 is 0 Å². The van der Waals surface area contributed by atoms with Gasteiger partial charge in [0, 0.05) is 6.54 Å². The molecule has 4 rings (SSSR count). The molecule has 0 spiro atoms. The topological polar surface area (TPSA) is 87.7 Å². The summed E-state index contributed by atoms with van der Waals surface area (Å²) in [5.74, 6) is 1.37. The van der Waals surface area contributed by atoms with Gasteiger partial charge in [-0.15, -0.1) is 5.10 Å². The molecule has 0 amide bonds. The Morgan fingerprint density at radius 1 is 1.09 bits per heavy atom. The summed E-state index contributed by atoms with van der Waals surface area (Å²) in [6.45, 7) is 1.89. The largest absolute Gasteiger partial charge is 0.435 e. The summed E-state index contributed by atoms with van der Waals surface area (Å²) in [6, 6.07) is 13.3. The highest BCUT2D eigenvalue weighted by atomic mass is 32.2. The van der Waals surface area contributed by atoms with Gasteiger partial charge in [-0.3, -0.25) is 9.36 Å². The summed E-state index contributed by atoms with van der Waals surface area (Å²) in [4.78, 5) is 17.8. The zero-order valence-corrected chi connectivity index (χ0v) is 18.9. The normalized spacial score (nSPS) is 11.6. The molecule has 0 fully saturated rings. The van der Waals surface area contributed by atoms with E-state index in [1.165, 1.54) is 28.6 Å². The summed E-state index contributed by atoms with van der Waals surface area (Å²) in [5.41, 5.74) is 1.17. The SMILES string of the molecule is CC(C)CCn1c(SCc2nnnn2-c2ccc(OC(F)F)cc2)nc2ccccc2c1=O. The van der Waals surface area contributed by atoms with Crippen molar-refractivity contribution in [2.75, 3.05) is 0 Å². The zero-order chi connectivity index (χ0) is 23.4. The number of benzene rings is 2. The molecule has 0 saturated carbocycles. The third-order valence-corrected chi connectivity index (χ3v) is 5.90. The van der Waals surface area contributed by atoms with E-state index in [1.807, 2.05) is 18.2 Å². The number of tetrazole rings is 1. The molecule has 8 nitrogen and oxygen atoms in total. The van der Waals surface area contributed by atoms with Crippen LogP contribution in [0.25, 0.3) is 16.6 Å². The zero-order valence-electron chi connectivity index (χ0n) is 18.1. The molecule has 172 valence electrons. The minimum Gasteiger partial charge on any atom is -0.435 e. The highest BCUT2D eigenvalue weighted by Gasteiger charge is 2.15. The first-order valence-corrected chi connectivity index (χ1v) is 11.4. The molecule has 33 heavy (non-hydrogen) atoms. The first-order chi connectivity index (χ1) is 15.9. The predicted octanol–water partition coefficient (Wildman–Crippen LogP) is 4.31. The van der Waals surface area contributed by atoms with Crippen molar-refractivity contribution in [3.05, 3.63) is 64.7 Å². The molecule has 0 aliphatic carbocycles. The van der Waals surface area contributed by atoms with Crippen LogP contribution >= 0.6 is 11.8 Å². The maximum atomic E-state index is 13.1. The van der Waals surface area contributed by atoms with Gasteiger partial charge in [-0.2, -0.15) is 13.5 Å². The molecule has 0 unspecified atom stereocenters. The second-order valence-electron chi connectivity index (χ2n) is 7.72. The van der Waals surface area contributed by atoms with E-state index in [0.717, 1.165) is 6.42 Å². The number of hydrogen-bond acceptors (Lipinski definition) is 7. The maximum absolute atomic E-state index is 13.1. The quantitative estimate of drug-likeness (QED) is 0.265. The van der Waals surface area contributed by atoms with Crippen LogP contribution in [-0.4, -0.2) is 36.4 Å². The van der Waals surface area contributed by atoms with Crippen LogP contribution in [0.15, 0.2) is 58.5 Å². The molecular formula is C22H22F2N6O2S. The third kappa shape index (κ3) is 5.36. The van der Waals surface area contributed by atoms with Crippen molar-refractivity contribution in [2.45, 2.75) is 44.3 Å². The lowest BCUT2D eigenvalue weighted by atomic mass is 10.1. The molecule has 0 aliphatic heterocycles. The minimum atomic E-state index is -2.89. The molecule has 2 heterocycles. The number of rotatable bonds is 9. The van der Waals surface area contributed by atoms with Crippen LogP contribution < -0.4 is 10.3 Å². The molecule has 0 radical (unpaired) electrons. The van der Waals surface area contributed by atoms with Crippen molar-refractivity contribution in [3.8, 4) is 11.4 Å². The first kappa shape index (κ1) is 22.8. The molecule has 0 bridgehead atoms. The van der Waals surface area contributed by atoms with Gasteiger partial charge in [-0.05, 0) is 59.2 Å². The first-order valence-electron chi connectivity index (χ1n) is 10.4. The summed E-state index contributed by atoms with van der Waals surface area (Å²) in [7, 11) is 0. The van der Waals surface area contributed by atoms with Crippen LogP contribution in [0, 0.1) is 5.92 Å². The Kier molecular flexibility index (Phi) is 6.97. The number of fused-ring (bicyclic) bond motifs is 1. The lowest BCUT2D eigenvalue weighted by molar-refractivity contribution is -0.0498. The monoisotopic (exact) mass is 472 g/mol. The summed E-state index contributed by atoms with van der Waals surface area (Å²) >= 11 is 1.37. The van der Waals surface area contributed by atoms with Crippen molar-refractivity contribution in [3.63, 3.8) is 0 Å². The minimum absolute atomic E-state index is 0.0484. The highest BCUT2D eigenvalue weighted by molar-refractivity contribution is 7.98. The Morgan fingerprint density at radius 2 is 1.85 bits per heavy atom. The Labute approximate surface area is 192 Å². The van der Waals surface area contributed by atoms with E-state index in [0.29, 0.717) is 45.8 Å². The van der Waals surface area contributed by atoms with Crippen molar-refractivity contribution in [1.82, 2.24) is 29.8 Å². The standard InChI is InChI=1S/C22H22F2N6O2S/c1-14(2)11-12-29-20(31)17-5-3-4-6-18(17)25-22(29)33-13-19-26-27-28-30(19)15-7-9-16(10-8-15)32-21(23)24/h3-10,14,21H,11-13H2,1-2H3. The molecule has 11 heteroatoms. The molecule has 0 atom stereocenters. The van der Waals surface area contributed by atoms with Gasteiger partial charge >= 0.3 is 6.61 Å². The van der Waals surface area contributed by atoms with Gasteiger partial charge < -0.3 is 4.74 Å². The van der Waals surface area contributed by atoms with E-state index in [2.05, 4.69) is 34.1 Å². The van der Waals surface area contributed by atoms with Gasteiger partial charge in [0.2, 0.25) is 0 Å². The second-order valence-corrected chi connectivity index (χ2v) is 8.66. The Morgan fingerprint density at radius 3 is 2.58 bits per heavy atom. The van der Waals surface area contributed by atoms with Gasteiger partial charge in [0.05, 0.1) is 22.3 Å². The van der Waals surface area contributed by atoms with Crippen molar-refractivity contribution in [2.24, 2.45) is 5.92 Å². The number of nitrogens with zero attached hydrogens (tertiary/aromatic N) is 6. The third-order valence-electron chi connectivity index (χ3n) is 4.93. The second kappa shape index (κ2) is 10.1. The van der Waals surface area contributed by atoms with Gasteiger partial charge in [-0.25, -0.2) is 4.98 Å². The van der Waals surface area contributed by atoms with E-state index in [1.54, 1.807) is 22.8 Å². The van der Waals surface area contributed by atoms with E-state index < -0.39 is 6.61 Å². The molecular weight excluding hydrogens is 450 g/mol. The number of ether oxygens (including phenoxy) is 1.